The number of carbonyl (C=O) groups is 2. The molecule has 2 aromatic heterocycles. The van der Waals surface area contributed by atoms with Gasteiger partial charge in [0.25, 0.3) is 0 Å². The number of aromatic nitrogens is 2. The van der Waals surface area contributed by atoms with Gasteiger partial charge in [0, 0.05) is 12.4 Å². The molecular weight excluding hydrogens is 335 g/mol. The first kappa shape index (κ1) is 16.3. The van der Waals surface area contributed by atoms with Gasteiger partial charge in [-0.05, 0) is 48.6 Å². The molecule has 3 N–H and O–H groups in total. The molecule has 132 valence electrons. The molecule has 7 heteroatoms. The van der Waals surface area contributed by atoms with E-state index in [0.717, 1.165) is 23.9 Å². The smallest absolute Gasteiger partial charge is 0.313 e. The molecule has 0 bridgehead atoms. The van der Waals surface area contributed by atoms with Crippen LogP contribution in [0.3, 0.4) is 0 Å². The second kappa shape index (κ2) is 6.59. The second-order valence-corrected chi connectivity index (χ2v) is 6.40. The number of anilines is 1. The van der Waals surface area contributed by atoms with E-state index in [-0.39, 0.29) is 17.8 Å². The van der Waals surface area contributed by atoms with Gasteiger partial charge in [-0.1, -0.05) is 12.1 Å². The summed E-state index contributed by atoms with van der Waals surface area (Å²) in [5.41, 5.74) is 2.60. The summed E-state index contributed by atoms with van der Waals surface area (Å²) in [6.45, 7) is 0. The maximum Gasteiger partial charge on any atom is 0.313 e. The number of nitrogens with zero attached hydrogens (tertiary/aromatic N) is 1. The minimum atomic E-state index is -0.760. The molecule has 3 aromatic rings. The van der Waals surface area contributed by atoms with Crippen molar-refractivity contribution in [2.45, 2.75) is 18.9 Å². The SMILES string of the molecule is O=C(Nc1c[nH]c2cccnc12)C(=O)NC(c1ccc(F)cc1)C1CC1. The number of hydrogen-bond acceptors (Lipinski definition) is 3. The van der Waals surface area contributed by atoms with E-state index < -0.39 is 11.8 Å². The molecule has 0 aliphatic heterocycles. The van der Waals surface area contributed by atoms with Gasteiger partial charge in [-0.25, -0.2) is 4.39 Å². The van der Waals surface area contributed by atoms with Crippen LogP contribution in [0.1, 0.15) is 24.4 Å². The van der Waals surface area contributed by atoms with Gasteiger partial charge in [-0.2, -0.15) is 0 Å². The summed E-state index contributed by atoms with van der Waals surface area (Å²) in [7, 11) is 0. The van der Waals surface area contributed by atoms with Crippen molar-refractivity contribution in [1.29, 1.82) is 0 Å². The van der Waals surface area contributed by atoms with Crippen LogP contribution < -0.4 is 10.6 Å². The van der Waals surface area contributed by atoms with Crippen molar-refractivity contribution in [3.63, 3.8) is 0 Å². The summed E-state index contributed by atoms with van der Waals surface area (Å²) >= 11 is 0. The molecule has 1 aliphatic carbocycles. The molecule has 0 spiro atoms. The highest BCUT2D eigenvalue weighted by atomic mass is 19.1. The number of H-pyrrole nitrogens is 1. The number of nitrogens with one attached hydrogen (secondary N) is 3. The Bertz CT molecular complexity index is 963. The Hall–Kier alpha value is -3.22. The van der Waals surface area contributed by atoms with E-state index in [1.165, 1.54) is 12.1 Å². The number of rotatable bonds is 4. The van der Waals surface area contributed by atoms with Crippen molar-refractivity contribution in [3.8, 4) is 0 Å². The number of fused-ring (bicyclic) bond motifs is 1. The summed E-state index contributed by atoms with van der Waals surface area (Å²) in [6.07, 6.45) is 5.15. The zero-order valence-corrected chi connectivity index (χ0v) is 13.8. The fraction of sp³-hybridized carbons (Fsp3) is 0.211. The summed E-state index contributed by atoms with van der Waals surface area (Å²) in [4.78, 5) is 31.8. The van der Waals surface area contributed by atoms with Crippen LogP contribution in [0.4, 0.5) is 10.1 Å². The minimum Gasteiger partial charge on any atom is -0.358 e. The maximum absolute atomic E-state index is 13.1. The number of pyridine rings is 1. The molecule has 26 heavy (non-hydrogen) atoms. The van der Waals surface area contributed by atoms with Crippen LogP contribution >= 0.6 is 0 Å². The van der Waals surface area contributed by atoms with Gasteiger partial charge in [-0.3, -0.25) is 14.6 Å². The molecule has 4 rings (SSSR count). The monoisotopic (exact) mass is 352 g/mol. The normalized spacial score (nSPS) is 14.8. The van der Waals surface area contributed by atoms with Gasteiger partial charge < -0.3 is 15.6 Å². The van der Waals surface area contributed by atoms with Gasteiger partial charge >= 0.3 is 11.8 Å². The van der Waals surface area contributed by atoms with Gasteiger partial charge in [0.05, 0.1) is 17.2 Å². The van der Waals surface area contributed by atoms with E-state index in [0.29, 0.717) is 11.2 Å². The number of carbonyl (C=O) groups excluding carboxylic acids is 2. The van der Waals surface area contributed by atoms with Gasteiger partial charge in [0.2, 0.25) is 0 Å². The topological polar surface area (TPSA) is 86.9 Å². The summed E-state index contributed by atoms with van der Waals surface area (Å²) in [6, 6.07) is 9.30. The van der Waals surface area contributed by atoms with Crippen LogP contribution in [-0.4, -0.2) is 21.8 Å². The van der Waals surface area contributed by atoms with E-state index in [9.17, 15) is 14.0 Å². The first-order valence-corrected chi connectivity index (χ1v) is 8.41. The third kappa shape index (κ3) is 3.28. The molecular formula is C19H17FN4O2. The Labute approximate surface area is 148 Å². The van der Waals surface area contributed by atoms with E-state index in [4.69, 9.17) is 0 Å². The summed E-state index contributed by atoms with van der Waals surface area (Å²) < 4.78 is 13.1. The molecule has 1 unspecified atom stereocenters. The fourth-order valence-electron chi connectivity index (χ4n) is 3.01. The first-order chi connectivity index (χ1) is 12.6. The third-order valence-corrected chi connectivity index (χ3v) is 4.50. The van der Waals surface area contributed by atoms with E-state index in [2.05, 4.69) is 20.6 Å². The van der Waals surface area contributed by atoms with E-state index in [1.54, 1.807) is 30.6 Å². The quantitative estimate of drug-likeness (QED) is 0.631. The lowest BCUT2D eigenvalue weighted by atomic mass is 10.0. The van der Waals surface area contributed by atoms with Crippen LogP contribution in [0.2, 0.25) is 0 Å². The fourth-order valence-corrected chi connectivity index (χ4v) is 3.01. The van der Waals surface area contributed by atoms with Gasteiger partial charge in [0.1, 0.15) is 11.3 Å². The number of hydrogen-bond donors (Lipinski definition) is 3. The van der Waals surface area contributed by atoms with Crippen molar-refractivity contribution in [3.05, 3.63) is 60.2 Å². The predicted octanol–water partition coefficient (Wildman–Crippen LogP) is 2.91. The van der Waals surface area contributed by atoms with Crippen LogP contribution in [0.25, 0.3) is 11.0 Å². The Morgan fingerprint density at radius 2 is 1.92 bits per heavy atom. The first-order valence-electron chi connectivity index (χ1n) is 8.41. The highest BCUT2D eigenvalue weighted by Crippen LogP contribution is 2.41. The summed E-state index contributed by atoms with van der Waals surface area (Å²) in [5, 5.41) is 5.36. The van der Waals surface area contributed by atoms with Crippen LogP contribution in [0, 0.1) is 11.7 Å². The zero-order chi connectivity index (χ0) is 18.1. The molecule has 0 radical (unpaired) electrons. The molecule has 1 atom stereocenters. The molecule has 1 fully saturated rings. The van der Waals surface area contributed by atoms with Gasteiger partial charge in [-0.15, -0.1) is 0 Å². The number of aromatic amines is 1. The van der Waals surface area contributed by atoms with Crippen LogP contribution in [0.15, 0.2) is 48.8 Å². The summed E-state index contributed by atoms with van der Waals surface area (Å²) in [5.74, 6) is -1.55. The lowest BCUT2D eigenvalue weighted by Gasteiger charge is -2.18. The number of halogens is 1. The van der Waals surface area contributed by atoms with Crippen molar-refractivity contribution < 1.29 is 14.0 Å². The zero-order valence-electron chi connectivity index (χ0n) is 13.8. The standard InChI is InChI=1S/C19H17FN4O2/c20-13-7-5-12(6-8-13)16(11-3-4-11)24-19(26)18(25)23-15-10-22-14-2-1-9-21-17(14)15/h1-2,5-11,16,22H,3-4H2,(H,23,25)(H,24,26). The molecule has 2 heterocycles. The Morgan fingerprint density at radius 1 is 1.15 bits per heavy atom. The van der Waals surface area contributed by atoms with Gasteiger partial charge in [0.15, 0.2) is 0 Å². The Kier molecular flexibility index (Phi) is 4.12. The predicted molar refractivity (Wildman–Crippen MR) is 94.7 cm³/mol. The molecule has 2 amide bonds. The molecule has 1 aromatic carbocycles. The molecule has 1 aliphatic rings. The number of amides is 2. The molecule has 6 nitrogen and oxygen atoms in total. The number of benzene rings is 1. The lowest BCUT2D eigenvalue weighted by Crippen LogP contribution is -2.38. The maximum atomic E-state index is 13.1. The Balaban J connectivity index is 1.47. The van der Waals surface area contributed by atoms with E-state index >= 15 is 0 Å². The van der Waals surface area contributed by atoms with Crippen molar-refractivity contribution in [2.75, 3.05) is 5.32 Å². The highest BCUT2D eigenvalue weighted by molar-refractivity contribution is 6.40. The second-order valence-electron chi connectivity index (χ2n) is 6.40. The van der Waals surface area contributed by atoms with E-state index in [1.807, 2.05) is 6.07 Å². The van der Waals surface area contributed by atoms with Crippen LogP contribution in [0.5, 0.6) is 0 Å². The largest absolute Gasteiger partial charge is 0.358 e. The highest BCUT2D eigenvalue weighted by Gasteiger charge is 2.34. The van der Waals surface area contributed by atoms with Crippen LogP contribution in [-0.2, 0) is 9.59 Å². The molecule has 0 saturated heterocycles. The van der Waals surface area contributed by atoms with Crippen molar-refractivity contribution in [1.82, 2.24) is 15.3 Å². The lowest BCUT2D eigenvalue weighted by molar-refractivity contribution is -0.136. The third-order valence-electron chi connectivity index (χ3n) is 4.50. The Morgan fingerprint density at radius 3 is 2.65 bits per heavy atom. The van der Waals surface area contributed by atoms with Crippen molar-refractivity contribution >= 4 is 28.5 Å². The van der Waals surface area contributed by atoms with Crippen molar-refractivity contribution in [2.24, 2.45) is 5.92 Å². The average Bonchev–Trinajstić information content (AvgIpc) is 3.42. The molecule has 1 saturated carbocycles. The minimum absolute atomic E-state index is 0.270. The average molecular weight is 352 g/mol.